The van der Waals surface area contributed by atoms with Crippen LogP contribution in [0, 0.1) is 5.82 Å². The lowest BCUT2D eigenvalue weighted by Crippen LogP contribution is -2.18. The normalized spacial score (nSPS) is 11.3. The smallest absolute Gasteiger partial charge is 0.481 e. The van der Waals surface area contributed by atoms with Crippen molar-refractivity contribution in [1.29, 1.82) is 0 Å². The summed E-state index contributed by atoms with van der Waals surface area (Å²) in [6.07, 6.45) is -5.14. The predicted molar refractivity (Wildman–Crippen MR) is 49.0 cm³/mol. The van der Waals surface area contributed by atoms with Gasteiger partial charge in [0.25, 0.3) is 0 Å². The number of carboxylic acid groups (broad SMARTS) is 1. The Hall–Kier alpha value is -1.79. The SMILES string of the molecule is O=C(O)CCc1ccc(OC(F)(F)F)c(F)c1. The largest absolute Gasteiger partial charge is 0.573 e. The van der Waals surface area contributed by atoms with Crippen LogP contribution in [0.25, 0.3) is 0 Å². The number of benzene rings is 1. The average molecular weight is 252 g/mol. The average Bonchev–Trinajstić information content (AvgIpc) is 2.17. The van der Waals surface area contributed by atoms with Gasteiger partial charge < -0.3 is 9.84 Å². The van der Waals surface area contributed by atoms with Crippen LogP contribution in [0.5, 0.6) is 5.75 Å². The lowest BCUT2D eigenvalue weighted by atomic mass is 10.1. The summed E-state index contributed by atoms with van der Waals surface area (Å²) in [5, 5.41) is 8.38. The zero-order chi connectivity index (χ0) is 13.1. The zero-order valence-corrected chi connectivity index (χ0v) is 8.42. The van der Waals surface area contributed by atoms with E-state index in [1.54, 1.807) is 0 Å². The summed E-state index contributed by atoms with van der Waals surface area (Å²) in [4.78, 5) is 10.2. The van der Waals surface area contributed by atoms with Gasteiger partial charge in [-0.3, -0.25) is 4.79 Å². The number of carbonyl (C=O) groups is 1. The summed E-state index contributed by atoms with van der Waals surface area (Å²) in [6, 6.07) is 2.83. The second-order valence-corrected chi connectivity index (χ2v) is 3.21. The summed E-state index contributed by atoms with van der Waals surface area (Å²) in [6.45, 7) is 0. The van der Waals surface area contributed by atoms with Crippen molar-refractivity contribution < 1.29 is 32.2 Å². The highest BCUT2D eigenvalue weighted by atomic mass is 19.4. The number of halogens is 4. The van der Waals surface area contributed by atoms with Gasteiger partial charge in [-0.05, 0) is 24.1 Å². The Kier molecular flexibility index (Phi) is 3.93. The molecule has 0 aliphatic heterocycles. The molecule has 1 aromatic rings. The molecule has 0 saturated heterocycles. The number of ether oxygens (including phenoxy) is 1. The molecular formula is C10H8F4O3. The molecule has 0 atom stereocenters. The quantitative estimate of drug-likeness (QED) is 0.838. The second-order valence-electron chi connectivity index (χ2n) is 3.21. The van der Waals surface area contributed by atoms with E-state index in [1.807, 2.05) is 0 Å². The van der Waals surface area contributed by atoms with Crippen LogP contribution in [0.2, 0.25) is 0 Å². The monoisotopic (exact) mass is 252 g/mol. The van der Waals surface area contributed by atoms with Crippen LogP contribution >= 0.6 is 0 Å². The van der Waals surface area contributed by atoms with E-state index in [0.29, 0.717) is 5.56 Å². The first-order valence-electron chi connectivity index (χ1n) is 4.54. The number of hydrogen-bond donors (Lipinski definition) is 1. The van der Waals surface area contributed by atoms with Crippen LogP contribution in [0.1, 0.15) is 12.0 Å². The minimum atomic E-state index is -4.95. The van der Waals surface area contributed by atoms with Crippen molar-refractivity contribution in [3.05, 3.63) is 29.6 Å². The van der Waals surface area contributed by atoms with Crippen LogP contribution in [-0.2, 0) is 11.2 Å². The highest BCUT2D eigenvalue weighted by Crippen LogP contribution is 2.26. The van der Waals surface area contributed by atoms with Crippen molar-refractivity contribution in [3.8, 4) is 5.75 Å². The molecule has 17 heavy (non-hydrogen) atoms. The molecule has 0 aliphatic carbocycles. The molecule has 0 saturated carbocycles. The standard InChI is InChI=1S/C10H8F4O3/c11-7-5-6(2-4-9(15)16)1-3-8(7)17-10(12,13)14/h1,3,5H,2,4H2,(H,15,16). The molecule has 0 bridgehead atoms. The van der Waals surface area contributed by atoms with E-state index in [1.165, 1.54) is 6.07 Å². The molecular weight excluding hydrogens is 244 g/mol. The van der Waals surface area contributed by atoms with Crippen LogP contribution < -0.4 is 4.74 Å². The third-order valence-corrected chi connectivity index (χ3v) is 1.85. The van der Waals surface area contributed by atoms with Crippen LogP contribution in [0.4, 0.5) is 17.6 Å². The predicted octanol–water partition coefficient (Wildman–Crippen LogP) is 2.74. The molecule has 0 heterocycles. The van der Waals surface area contributed by atoms with E-state index >= 15 is 0 Å². The van der Waals surface area contributed by atoms with Gasteiger partial charge >= 0.3 is 12.3 Å². The molecule has 94 valence electrons. The molecule has 1 rings (SSSR count). The van der Waals surface area contributed by atoms with Gasteiger partial charge in [0.1, 0.15) is 0 Å². The zero-order valence-electron chi connectivity index (χ0n) is 8.42. The van der Waals surface area contributed by atoms with E-state index in [0.717, 1.165) is 12.1 Å². The Morgan fingerprint density at radius 3 is 2.47 bits per heavy atom. The highest BCUT2D eigenvalue weighted by Gasteiger charge is 2.32. The van der Waals surface area contributed by atoms with Gasteiger partial charge in [0.15, 0.2) is 11.6 Å². The maximum absolute atomic E-state index is 13.1. The minimum absolute atomic E-state index is 0.0402. The van der Waals surface area contributed by atoms with Crippen LogP contribution in [0.15, 0.2) is 18.2 Å². The topological polar surface area (TPSA) is 46.5 Å². The lowest BCUT2D eigenvalue weighted by Gasteiger charge is -2.10. The fraction of sp³-hybridized carbons (Fsp3) is 0.300. The van der Waals surface area contributed by atoms with E-state index in [4.69, 9.17) is 5.11 Å². The third-order valence-electron chi connectivity index (χ3n) is 1.85. The first-order chi connectivity index (χ1) is 7.78. The number of aliphatic carboxylic acids is 1. The Balaban J connectivity index is 2.76. The molecule has 0 aliphatic rings. The van der Waals surface area contributed by atoms with Crippen molar-refractivity contribution in [2.24, 2.45) is 0 Å². The maximum atomic E-state index is 13.1. The Morgan fingerprint density at radius 1 is 1.35 bits per heavy atom. The summed E-state index contributed by atoms with van der Waals surface area (Å²) >= 11 is 0. The second kappa shape index (κ2) is 5.03. The summed E-state index contributed by atoms with van der Waals surface area (Å²) < 4.78 is 52.0. The molecule has 0 radical (unpaired) electrons. The molecule has 0 unspecified atom stereocenters. The van der Waals surface area contributed by atoms with Gasteiger partial charge in [-0.15, -0.1) is 13.2 Å². The molecule has 7 heteroatoms. The number of hydrogen-bond acceptors (Lipinski definition) is 2. The summed E-state index contributed by atoms with van der Waals surface area (Å²) in [7, 11) is 0. The first kappa shape index (κ1) is 13.3. The lowest BCUT2D eigenvalue weighted by molar-refractivity contribution is -0.275. The van der Waals surface area contributed by atoms with Crippen molar-refractivity contribution in [2.75, 3.05) is 0 Å². The Morgan fingerprint density at radius 2 is 2.00 bits per heavy atom. The van der Waals surface area contributed by atoms with Gasteiger partial charge in [-0.2, -0.15) is 0 Å². The van der Waals surface area contributed by atoms with Crippen LogP contribution in [-0.4, -0.2) is 17.4 Å². The molecule has 3 nitrogen and oxygen atoms in total. The van der Waals surface area contributed by atoms with Crippen molar-refractivity contribution in [3.63, 3.8) is 0 Å². The number of alkyl halides is 3. The van der Waals surface area contributed by atoms with E-state index < -0.39 is 23.9 Å². The highest BCUT2D eigenvalue weighted by molar-refractivity contribution is 5.67. The van der Waals surface area contributed by atoms with Gasteiger partial charge in [0.2, 0.25) is 0 Å². The van der Waals surface area contributed by atoms with E-state index in [-0.39, 0.29) is 12.8 Å². The van der Waals surface area contributed by atoms with Crippen molar-refractivity contribution in [2.45, 2.75) is 19.2 Å². The van der Waals surface area contributed by atoms with Crippen LogP contribution in [0.3, 0.4) is 0 Å². The molecule has 0 fully saturated rings. The van der Waals surface area contributed by atoms with Gasteiger partial charge in [0, 0.05) is 6.42 Å². The van der Waals surface area contributed by atoms with Gasteiger partial charge in [-0.1, -0.05) is 6.07 Å². The summed E-state index contributed by atoms with van der Waals surface area (Å²) in [5.41, 5.74) is 0.291. The number of rotatable bonds is 4. The molecule has 1 aromatic carbocycles. The molecule has 0 aromatic heterocycles. The van der Waals surface area contributed by atoms with Gasteiger partial charge in [0.05, 0.1) is 0 Å². The van der Waals surface area contributed by atoms with Crippen molar-refractivity contribution in [1.82, 2.24) is 0 Å². The number of aryl methyl sites for hydroxylation is 1. The van der Waals surface area contributed by atoms with E-state index in [2.05, 4.69) is 4.74 Å². The molecule has 0 amide bonds. The molecule has 1 N–H and O–H groups in total. The first-order valence-corrected chi connectivity index (χ1v) is 4.54. The van der Waals surface area contributed by atoms with Gasteiger partial charge in [-0.25, -0.2) is 4.39 Å². The summed E-state index contributed by atoms with van der Waals surface area (Å²) in [5.74, 6) is -3.18. The van der Waals surface area contributed by atoms with E-state index in [9.17, 15) is 22.4 Å². The Labute approximate surface area is 93.6 Å². The third kappa shape index (κ3) is 4.71. The minimum Gasteiger partial charge on any atom is -0.481 e. The molecule has 0 spiro atoms. The fourth-order valence-electron chi connectivity index (χ4n) is 1.16. The maximum Gasteiger partial charge on any atom is 0.573 e. The number of carboxylic acids is 1. The van der Waals surface area contributed by atoms with Crippen molar-refractivity contribution >= 4 is 5.97 Å². The fourth-order valence-corrected chi connectivity index (χ4v) is 1.16. The Bertz CT molecular complexity index is 415.